The molecule has 1 heterocycles. The summed E-state index contributed by atoms with van der Waals surface area (Å²) in [6.45, 7) is 5.12. The molecule has 84 valence electrons. The monoisotopic (exact) mass is 209 g/mol. The van der Waals surface area contributed by atoms with Crippen LogP contribution < -0.4 is 5.32 Å². The fraction of sp³-hybridized carbons (Fsp3) is 0.636. The fourth-order valence-corrected chi connectivity index (χ4v) is 1.42. The third-order valence-electron chi connectivity index (χ3n) is 2.36. The van der Waals surface area contributed by atoms with Crippen molar-refractivity contribution in [3.63, 3.8) is 0 Å². The summed E-state index contributed by atoms with van der Waals surface area (Å²) < 4.78 is 5.33. The number of methoxy groups -OCH3 is 1. The Morgan fingerprint density at radius 1 is 1.47 bits per heavy atom. The van der Waals surface area contributed by atoms with Gasteiger partial charge in [-0.2, -0.15) is 0 Å². The van der Waals surface area contributed by atoms with Crippen LogP contribution in [0, 0.1) is 0 Å². The zero-order valence-corrected chi connectivity index (χ0v) is 9.60. The molecule has 0 bridgehead atoms. The van der Waals surface area contributed by atoms with E-state index in [0.29, 0.717) is 0 Å². The predicted octanol–water partition coefficient (Wildman–Crippen LogP) is 1.55. The molecule has 0 aliphatic carbocycles. The quantitative estimate of drug-likeness (QED) is 0.772. The van der Waals surface area contributed by atoms with Gasteiger partial charge in [-0.25, -0.2) is 0 Å². The molecule has 1 N–H and O–H groups in total. The summed E-state index contributed by atoms with van der Waals surface area (Å²) >= 11 is 0. The first-order chi connectivity index (χ1) is 7.29. The minimum atomic E-state index is 0.0910. The molecule has 15 heavy (non-hydrogen) atoms. The zero-order chi connectivity index (χ0) is 11.1. The Bertz CT molecular complexity index is 266. The van der Waals surface area contributed by atoms with Crippen LogP contribution in [-0.2, 0) is 4.74 Å². The van der Waals surface area contributed by atoms with Crippen LogP contribution in [0.4, 0.5) is 0 Å². The van der Waals surface area contributed by atoms with E-state index in [1.807, 2.05) is 6.92 Å². The molecule has 0 saturated carbocycles. The number of nitrogens with one attached hydrogen (secondary N) is 1. The van der Waals surface area contributed by atoms with E-state index in [4.69, 9.17) is 4.74 Å². The van der Waals surface area contributed by atoms with Crippen molar-refractivity contribution in [1.29, 1.82) is 0 Å². The van der Waals surface area contributed by atoms with Crippen molar-refractivity contribution >= 4 is 0 Å². The number of hydrogen-bond donors (Lipinski definition) is 1. The smallest absolute Gasteiger partial charge is 0.0782 e. The Balaban J connectivity index is 2.72. The first kappa shape index (κ1) is 12.1. The number of rotatable bonds is 6. The highest BCUT2D eigenvalue weighted by molar-refractivity contribution is 5.04. The molecule has 1 rings (SSSR count). The molecule has 0 fully saturated rings. The van der Waals surface area contributed by atoms with Crippen LogP contribution in [0.15, 0.2) is 18.6 Å². The Morgan fingerprint density at radius 3 is 2.80 bits per heavy atom. The van der Waals surface area contributed by atoms with Gasteiger partial charge < -0.3 is 10.1 Å². The molecule has 0 amide bonds. The van der Waals surface area contributed by atoms with Gasteiger partial charge in [0.2, 0.25) is 0 Å². The lowest BCUT2D eigenvalue weighted by atomic mass is 10.1. The molecule has 0 aromatic carbocycles. The molecule has 0 aliphatic heterocycles. The van der Waals surface area contributed by atoms with Crippen molar-refractivity contribution in [2.45, 2.75) is 32.4 Å². The number of nitrogens with zero attached hydrogens (tertiary/aromatic N) is 2. The van der Waals surface area contributed by atoms with Crippen LogP contribution in [0.1, 0.15) is 32.0 Å². The number of aromatic nitrogens is 2. The van der Waals surface area contributed by atoms with Gasteiger partial charge in [-0.3, -0.25) is 9.97 Å². The summed E-state index contributed by atoms with van der Waals surface area (Å²) in [5.74, 6) is 0. The highest BCUT2D eigenvalue weighted by Gasteiger charge is 2.19. The van der Waals surface area contributed by atoms with Gasteiger partial charge in [0.25, 0.3) is 0 Å². The van der Waals surface area contributed by atoms with Crippen LogP contribution in [0.25, 0.3) is 0 Å². The summed E-state index contributed by atoms with van der Waals surface area (Å²) in [6.07, 6.45) is 6.35. The largest absolute Gasteiger partial charge is 0.380 e. The molecule has 4 heteroatoms. The Labute approximate surface area is 91.1 Å². The summed E-state index contributed by atoms with van der Waals surface area (Å²) in [6, 6.07) is 0.114. The summed E-state index contributed by atoms with van der Waals surface area (Å²) in [7, 11) is 1.71. The second-order valence-electron chi connectivity index (χ2n) is 3.50. The van der Waals surface area contributed by atoms with Crippen molar-refractivity contribution in [2.75, 3.05) is 13.7 Å². The minimum absolute atomic E-state index is 0.0910. The fourth-order valence-electron chi connectivity index (χ4n) is 1.42. The molecule has 2 unspecified atom stereocenters. The highest BCUT2D eigenvalue weighted by Crippen LogP contribution is 2.15. The maximum atomic E-state index is 5.33. The van der Waals surface area contributed by atoms with E-state index in [9.17, 15) is 0 Å². The predicted molar refractivity (Wildman–Crippen MR) is 59.5 cm³/mol. The summed E-state index contributed by atoms with van der Waals surface area (Å²) in [5.41, 5.74) is 0.931. The van der Waals surface area contributed by atoms with Gasteiger partial charge in [0.15, 0.2) is 0 Å². The first-order valence-corrected chi connectivity index (χ1v) is 5.31. The van der Waals surface area contributed by atoms with Gasteiger partial charge in [-0.1, -0.05) is 6.92 Å². The normalized spacial score (nSPS) is 14.9. The second-order valence-corrected chi connectivity index (χ2v) is 3.50. The molecule has 0 spiro atoms. The van der Waals surface area contributed by atoms with Crippen LogP contribution >= 0.6 is 0 Å². The topological polar surface area (TPSA) is 47.0 Å². The van der Waals surface area contributed by atoms with Crippen molar-refractivity contribution in [2.24, 2.45) is 0 Å². The lowest BCUT2D eigenvalue weighted by molar-refractivity contribution is 0.0815. The first-order valence-electron chi connectivity index (χ1n) is 5.31. The van der Waals surface area contributed by atoms with Gasteiger partial charge in [-0.15, -0.1) is 0 Å². The Kier molecular flexibility index (Phi) is 5.21. The van der Waals surface area contributed by atoms with E-state index in [0.717, 1.165) is 18.7 Å². The Morgan fingerprint density at radius 2 is 2.27 bits per heavy atom. The highest BCUT2D eigenvalue weighted by atomic mass is 16.5. The van der Waals surface area contributed by atoms with Crippen LogP contribution in [0.3, 0.4) is 0 Å². The van der Waals surface area contributed by atoms with E-state index in [1.54, 1.807) is 25.7 Å². The van der Waals surface area contributed by atoms with E-state index >= 15 is 0 Å². The molecule has 0 radical (unpaired) electrons. The summed E-state index contributed by atoms with van der Waals surface area (Å²) in [4.78, 5) is 8.37. The van der Waals surface area contributed by atoms with E-state index < -0.39 is 0 Å². The molecular weight excluding hydrogens is 190 g/mol. The van der Waals surface area contributed by atoms with Gasteiger partial charge in [0, 0.05) is 19.5 Å². The van der Waals surface area contributed by atoms with Crippen LogP contribution in [0.2, 0.25) is 0 Å². The molecule has 0 aliphatic rings. The van der Waals surface area contributed by atoms with Gasteiger partial charge in [0.05, 0.1) is 24.0 Å². The molecule has 0 saturated heterocycles. The Hall–Kier alpha value is -1.00. The van der Waals surface area contributed by atoms with Gasteiger partial charge >= 0.3 is 0 Å². The number of hydrogen-bond acceptors (Lipinski definition) is 4. The maximum Gasteiger partial charge on any atom is 0.0782 e. The third kappa shape index (κ3) is 3.57. The average Bonchev–Trinajstić information content (AvgIpc) is 2.30. The summed E-state index contributed by atoms with van der Waals surface area (Å²) in [5, 5.41) is 3.41. The van der Waals surface area contributed by atoms with Gasteiger partial charge in [-0.05, 0) is 19.9 Å². The van der Waals surface area contributed by atoms with Crippen molar-refractivity contribution in [3.05, 3.63) is 24.3 Å². The lowest BCUT2D eigenvalue weighted by Gasteiger charge is -2.23. The zero-order valence-electron chi connectivity index (χ0n) is 9.60. The number of ether oxygens (including phenoxy) is 1. The lowest BCUT2D eigenvalue weighted by Crippen LogP contribution is -2.32. The molecule has 1 aromatic heterocycles. The van der Waals surface area contributed by atoms with Crippen LogP contribution in [0.5, 0.6) is 0 Å². The van der Waals surface area contributed by atoms with E-state index in [1.165, 1.54) is 0 Å². The van der Waals surface area contributed by atoms with E-state index in [-0.39, 0.29) is 12.1 Å². The molecule has 4 nitrogen and oxygen atoms in total. The maximum absolute atomic E-state index is 5.33. The van der Waals surface area contributed by atoms with Crippen molar-refractivity contribution < 1.29 is 4.74 Å². The van der Waals surface area contributed by atoms with E-state index in [2.05, 4.69) is 22.2 Å². The molecule has 2 atom stereocenters. The van der Waals surface area contributed by atoms with Crippen molar-refractivity contribution in [3.8, 4) is 0 Å². The standard InChI is InChI=1S/C11H19N3O/c1-4-5-14-11(9(2)15-3)10-8-12-6-7-13-10/h6-9,11,14H,4-5H2,1-3H3. The minimum Gasteiger partial charge on any atom is -0.380 e. The third-order valence-corrected chi connectivity index (χ3v) is 2.36. The van der Waals surface area contributed by atoms with Crippen molar-refractivity contribution in [1.82, 2.24) is 15.3 Å². The van der Waals surface area contributed by atoms with Gasteiger partial charge in [0.1, 0.15) is 0 Å². The molecular formula is C11H19N3O. The second kappa shape index (κ2) is 6.48. The molecule has 1 aromatic rings. The van der Waals surface area contributed by atoms with Crippen LogP contribution in [-0.4, -0.2) is 29.7 Å². The SMILES string of the molecule is CCCNC(c1cnccn1)C(C)OC. The average molecular weight is 209 g/mol.